The highest BCUT2D eigenvalue weighted by molar-refractivity contribution is 7.89. The van der Waals surface area contributed by atoms with Crippen LogP contribution >= 0.6 is 11.6 Å². The molecule has 0 aromatic heterocycles. The van der Waals surface area contributed by atoms with Crippen LogP contribution in [0.5, 0.6) is 5.75 Å². The van der Waals surface area contributed by atoms with E-state index in [1.54, 1.807) is 6.92 Å². The number of rotatable bonds is 8. The van der Waals surface area contributed by atoms with E-state index in [4.69, 9.17) is 16.7 Å². The predicted molar refractivity (Wildman–Crippen MR) is 99.9 cm³/mol. The molecule has 0 heterocycles. The minimum Gasteiger partial charge on any atom is -0.504 e. The van der Waals surface area contributed by atoms with Gasteiger partial charge >= 0.3 is 0 Å². The molecule has 0 saturated heterocycles. The predicted octanol–water partition coefficient (Wildman–Crippen LogP) is 0.360. The van der Waals surface area contributed by atoms with Crippen LogP contribution in [0, 0.1) is 0 Å². The van der Waals surface area contributed by atoms with Gasteiger partial charge in [-0.3, -0.25) is 14.4 Å². The van der Waals surface area contributed by atoms with Gasteiger partial charge in [0, 0.05) is 13.1 Å². The molecule has 0 saturated carbocycles. The first kappa shape index (κ1) is 21.1. The topological polar surface area (TPSA) is 145 Å². The fourth-order valence-corrected chi connectivity index (χ4v) is 3.76. The summed E-state index contributed by atoms with van der Waals surface area (Å²) in [5.74, 6) is -0.749. The zero-order valence-corrected chi connectivity index (χ0v) is 16.2. The Kier molecular flexibility index (Phi) is 6.12. The van der Waals surface area contributed by atoms with Crippen molar-refractivity contribution in [1.29, 1.82) is 0 Å². The number of aromatic hydroxyl groups is 1. The van der Waals surface area contributed by atoms with Gasteiger partial charge in [-0.15, -0.1) is 0 Å². The first-order chi connectivity index (χ1) is 12.6. The molecule has 2 aromatic rings. The Morgan fingerprint density at radius 3 is 2.41 bits per heavy atom. The monoisotopic (exact) mass is 419 g/mol. The number of hydrogen-bond donors (Lipinski definition) is 4. The summed E-state index contributed by atoms with van der Waals surface area (Å²) < 4.78 is 25.4. The molecule has 12 heteroatoms. The molecule has 0 amide bonds. The molecular formula is C15H18ClN3O7S. The zero-order chi connectivity index (χ0) is 20.5. The van der Waals surface area contributed by atoms with Crippen molar-refractivity contribution in [3.05, 3.63) is 37.6 Å². The van der Waals surface area contributed by atoms with E-state index in [2.05, 4.69) is 15.5 Å². The summed E-state index contributed by atoms with van der Waals surface area (Å²) in [5.41, 5.74) is -2.04. The van der Waals surface area contributed by atoms with Crippen molar-refractivity contribution in [1.82, 2.24) is 4.47 Å². The third-order valence-corrected chi connectivity index (χ3v) is 5.95. The van der Waals surface area contributed by atoms with Crippen LogP contribution in [0.15, 0.2) is 26.6 Å². The first-order valence-electron chi connectivity index (χ1n) is 7.58. The Balaban J connectivity index is 2.50. The highest BCUT2D eigenvalue weighted by Gasteiger charge is 2.30. The van der Waals surface area contributed by atoms with Crippen molar-refractivity contribution >= 4 is 38.7 Å². The van der Waals surface area contributed by atoms with Crippen LogP contribution in [-0.4, -0.2) is 49.9 Å². The lowest BCUT2D eigenvalue weighted by Crippen LogP contribution is -2.39. The lowest BCUT2D eigenvalue weighted by Gasteiger charge is -2.20. The molecule has 4 N–H and O–H groups in total. The van der Waals surface area contributed by atoms with Crippen molar-refractivity contribution in [2.45, 2.75) is 17.9 Å². The second-order valence-corrected chi connectivity index (χ2v) is 7.91. The summed E-state index contributed by atoms with van der Waals surface area (Å²) in [6, 6.07) is 1.95. The van der Waals surface area contributed by atoms with Crippen LogP contribution in [0.1, 0.15) is 6.92 Å². The van der Waals surface area contributed by atoms with E-state index < -0.39 is 37.6 Å². The molecule has 0 aliphatic heterocycles. The van der Waals surface area contributed by atoms with Crippen molar-refractivity contribution < 1.29 is 23.5 Å². The van der Waals surface area contributed by atoms with Crippen LogP contribution in [-0.2, 0) is 14.9 Å². The number of sulfonamides is 1. The normalized spacial score (nSPS) is 13.1. The Labute approximate surface area is 159 Å². The van der Waals surface area contributed by atoms with Gasteiger partial charge in [0.05, 0.1) is 24.4 Å². The van der Waals surface area contributed by atoms with Crippen LogP contribution < -0.4 is 21.5 Å². The highest BCUT2D eigenvalue weighted by Crippen LogP contribution is 2.39. The van der Waals surface area contributed by atoms with E-state index in [1.807, 2.05) is 0 Å². The minimum absolute atomic E-state index is 0.0747. The first-order valence-corrected chi connectivity index (χ1v) is 9.40. The third-order valence-electron chi connectivity index (χ3n) is 3.77. The summed E-state index contributed by atoms with van der Waals surface area (Å²) in [4.78, 5) is 27.6. The van der Waals surface area contributed by atoms with Crippen molar-refractivity contribution in [3.8, 4) is 5.75 Å². The zero-order valence-electron chi connectivity index (χ0n) is 14.6. The van der Waals surface area contributed by atoms with Crippen LogP contribution in [0.2, 0.25) is 5.02 Å². The molecule has 0 radical (unpaired) electrons. The molecule has 10 nitrogen and oxygen atoms in total. The van der Waals surface area contributed by atoms with E-state index in [0.29, 0.717) is 4.47 Å². The molecule has 148 valence electrons. The van der Waals surface area contributed by atoms with Gasteiger partial charge in [0.15, 0.2) is 5.75 Å². The number of benzene rings is 1. The maximum atomic E-state index is 12.4. The molecule has 0 unspecified atom stereocenters. The lowest BCUT2D eigenvalue weighted by atomic mass is 10.1. The van der Waals surface area contributed by atoms with Gasteiger partial charge in [-0.1, -0.05) is 16.1 Å². The molecule has 0 bridgehead atoms. The molecule has 0 aliphatic carbocycles. The van der Waals surface area contributed by atoms with Crippen LogP contribution in [0.4, 0.5) is 17.1 Å². The quantitative estimate of drug-likeness (QED) is 0.270. The maximum absolute atomic E-state index is 12.4. The third kappa shape index (κ3) is 3.77. The number of anilines is 3. The Bertz CT molecular complexity index is 1030. The van der Waals surface area contributed by atoms with E-state index in [-0.39, 0.29) is 28.7 Å². The Morgan fingerprint density at radius 1 is 1.26 bits per heavy atom. The Morgan fingerprint density at radius 2 is 1.85 bits per heavy atom. The number of aliphatic hydroxyl groups excluding tert-OH is 1. The van der Waals surface area contributed by atoms with E-state index >= 15 is 0 Å². The summed E-state index contributed by atoms with van der Waals surface area (Å²) in [5, 5.41) is 24.4. The average molecular weight is 420 g/mol. The van der Waals surface area contributed by atoms with Crippen LogP contribution in [0.25, 0.3) is 0 Å². The molecule has 2 rings (SSSR count). The highest BCUT2D eigenvalue weighted by atomic mass is 35.5. The summed E-state index contributed by atoms with van der Waals surface area (Å²) in [6.45, 7) is 1.31. The van der Waals surface area contributed by atoms with Gasteiger partial charge < -0.3 is 20.8 Å². The van der Waals surface area contributed by atoms with Gasteiger partial charge in [-0.2, -0.15) is 0 Å². The number of nitrogens with one attached hydrogen (secondary N) is 2. The van der Waals surface area contributed by atoms with Crippen molar-refractivity contribution in [2.24, 2.45) is 0 Å². The number of aliphatic hydroxyl groups is 1. The average Bonchev–Trinajstić information content (AvgIpc) is 2.64. The second kappa shape index (κ2) is 7.82. The van der Waals surface area contributed by atoms with Gasteiger partial charge in [0.2, 0.25) is 0 Å². The molecule has 27 heavy (non-hydrogen) atoms. The minimum atomic E-state index is -4.29. The maximum Gasteiger partial charge on any atom is 0.269 e. The van der Waals surface area contributed by atoms with E-state index in [0.717, 1.165) is 14.2 Å². The number of hydrogen-bond acceptors (Lipinski definition) is 9. The van der Waals surface area contributed by atoms with Gasteiger partial charge in [0.25, 0.3) is 20.9 Å². The molecule has 0 aliphatic rings. The number of phenolic OH excluding ortho intramolecular Hbond substituents is 1. The number of halogens is 1. The molecular weight excluding hydrogens is 402 g/mol. The van der Waals surface area contributed by atoms with E-state index in [1.165, 1.54) is 12.1 Å². The van der Waals surface area contributed by atoms with Crippen LogP contribution in [0.3, 0.4) is 0 Å². The lowest BCUT2D eigenvalue weighted by molar-refractivity contribution is -0.0259. The molecule has 1 atom stereocenters. The number of phenols is 1. The largest absolute Gasteiger partial charge is 0.504 e. The van der Waals surface area contributed by atoms with E-state index in [9.17, 15) is 23.1 Å². The molecule has 0 spiro atoms. The van der Waals surface area contributed by atoms with Crippen molar-refractivity contribution in [3.63, 3.8) is 0 Å². The fraction of sp³-hybridized carbons (Fsp3) is 0.333. The summed E-state index contributed by atoms with van der Waals surface area (Å²) >= 11 is 5.92. The standard InChI is InChI=1S/C15H18ClN3O7S/c1-7(6-20)17-10-11(14(23)13(10)22)18-9-5-4-8(16)15(12(9)21)27(24,25)19(2)26-3/h4-5,7,17-18,20-21H,6H2,1-3H3/t7-/m0/s1. The summed E-state index contributed by atoms with van der Waals surface area (Å²) in [7, 11) is -2.05. The van der Waals surface area contributed by atoms with Gasteiger partial charge in [-0.05, 0) is 19.1 Å². The summed E-state index contributed by atoms with van der Waals surface area (Å²) in [6.07, 6.45) is 0. The number of nitrogens with zero attached hydrogens (tertiary/aromatic N) is 1. The SMILES string of the molecule is CON(C)S(=O)(=O)c1c(Cl)ccc(Nc2c(N[C@@H](C)CO)c(=O)c2=O)c1O. The van der Waals surface area contributed by atoms with Gasteiger partial charge in [0.1, 0.15) is 16.3 Å². The molecule has 0 fully saturated rings. The molecule has 2 aromatic carbocycles. The number of hydroxylamine groups is 1. The van der Waals surface area contributed by atoms with Crippen molar-refractivity contribution in [2.75, 3.05) is 31.4 Å². The second-order valence-electron chi connectivity index (χ2n) is 5.63. The smallest absolute Gasteiger partial charge is 0.269 e. The fourth-order valence-electron chi connectivity index (χ4n) is 2.19. The Hall–Kier alpha value is -2.18. The van der Waals surface area contributed by atoms with Gasteiger partial charge in [-0.25, -0.2) is 8.42 Å².